The van der Waals surface area contributed by atoms with Gasteiger partial charge in [-0.25, -0.2) is 9.97 Å². The number of hydrogen-bond acceptors (Lipinski definition) is 4. The second-order valence-corrected chi connectivity index (χ2v) is 4.51. The monoisotopic (exact) mass is 234 g/mol. The van der Waals surface area contributed by atoms with Crippen molar-refractivity contribution in [1.82, 2.24) is 15.3 Å². The Hall–Kier alpha value is -1.49. The summed E-state index contributed by atoms with van der Waals surface area (Å²) < 4.78 is 0. The zero-order valence-electron chi connectivity index (χ0n) is 9.85. The highest BCUT2D eigenvalue weighted by Gasteiger charge is 2.14. The first-order valence-corrected chi connectivity index (χ1v) is 6.07. The van der Waals surface area contributed by atoms with Gasteiger partial charge in [-0.3, -0.25) is 4.79 Å². The van der Waals surface area contributed by atoms with Crippen LogP contribution < -0.4 is 11.1 Å². The zero-order valence-corrected chi connectivity index (χ0v) is 9.85. The minimum Gasteiger partial charge on any atom is -0.364 e. The van der Waals surface area contributed by atoms with E-state index in [1.54, 1.807) is 6.07 Å². The molecule has 1 aliphatic heterocycles. The number of primary amides is 1. The number of carbonyl (C=O) groups excluding carboxylic acids is 1. The van der Waals surface area contributed by atoms with Crippen molar-refractivity contribution in [2.24, 2.45) is 11.7 Å². The van der Waals surface area contributed by atoms with Crippen LogP contribution in [0.5, 0.6) is 0 Å². The molecule has 0 aliphatic carbocycles. The average molecular weight is 234 g/mol. The number of rotatable bonds is 3. The maximum atomic E-state index is 11.0. The third kappa shape index (κ3) is 3.49. The first kappa shape index (κ1) is 12.0. The van der Waals surface area contributed by atoms with Gasteiger partial charge >= 0.3 is 0 Å². The van der Waals surface area contributed by atoms with Crippen molar-refractivity contribution in [2.45, 2.75) is 25.7 Å². The molecule has 0 saturated carbocycles. The lowest BCUT2D eigenvalue weighted by molar-refractivity contribution is 0.0995. The lowest BCUT2D eigenvalue weighted by Crippen LogP contribution is -2.16. The number of nitrogens with two attached hydrogens (primary N) is 1. The SMILES string of the molecule is NC(=O)c1cc(C[C@@H]2CCCNCC2)ncn1. The number of aromatic nitrogens is 2. The first-order chi connectivity index (χ1) is 8.25. The van der Waals surface area contributed by atoms with Crippen molar-refractivity contribution < 1.29 is 4.79 Å². The van der Waals surface area contributed by atoms with Crippen LogP contribution in [0.2, 0.25) is 0 Å². The molecule has 1 aromatic rings. The highest BCUT2D eigenvalue weighted by molar-refractivity contribution is 5.90. The fourth-order valence-corrected chi connectivity index (χ4v) is 2.24. The Morgan fingerprint density at radius 3 is 3.12 bits per heavy atom. The molecule has 0 bridgehead atoms. The molecule has 5 nitrogen and oxygen atoms in total. The third-order valence-corrected chi connectivity index (χ3v) is 3.17. The Labute approximate surface area is 101 Å². The molecule has 0 radical (unpaired) electrons. The molecule has 17 heavy (non-hydrogen) atoms. The molecule has 1 saturated heterocycles. The van der Waals surface area contributed by atoms with E-state index in [-0.39, 0.29) is 0 Å². The van der Waals surface area contributed by atoms with Crippen molar-refractivity contribution >= 4 is 5.91 Å². The summed E-state index contributed by atoms with van der Waals surface area (Å²) in [6, 6.07) is 1.71. The maximum Gasteiger partial charge on any atom is 0.267 e. The van der Waals surface area contributed by atoms with E-state index in [1.807, 2.05) is 0 Å². The van der Waals surface area contributed by atoms with Crippen LogP contribution in [-0.2, 0) is 6.42 Å². The largest absolute Gasteiger partial charge is 0.364 e. The van der Waals surface area contributed by atoms with Gasteiger partial charge in [-0.1, -0.05) is 0 Å². The summed E-state index contributed by atoms with van der Waals surface area (Å²) in [7, 11) is 0. The molecule has 0 aromatic carbocycles. The minimum atomic E-state index is -0.490. The molecule has 1 aliphatic rings. The molecule has 2 heterocycles. The van der Waals surface area contributed by atoms with E-state index < -0.39 is 5.91 Å². The Bertz CT molecular complexity index is 386. The van der Waals surface area contributed by atoms with Gasteiger partial charge in [0, 0.05) is 5.69 Å². The molecule has 1 amide bonds. The van der Waals surface area contributed by atoms with E-state index in [0.29, 0.717) is 11.6 Å². The van der Waals surface area contributed by atoms with E-state index in [4.69, 9.17) is 5.73 Å². The van der Waals surface area contributed by atoms with Gasteiger partial charge in [0.25, 0.3) is 5.91 Å². The van der Waals surface area contributed by atoms with Gasteiger partial charge in [0.2, 0.25) is 0 Å². The Kier molecular flexibility index (Phi) is 4.03. The average Bonchev–Trinajstić information content (AvgIpc) is 2.58. The summed E-state index contributed by atoms with van der Waals surface area (Å²) in [6.45, 7) is 2.17. The summed E-state index contributed by atoms with van der Waals surface area (Å²) in [6.07, 6.45) is 5.91. The van der Waals surface area contributed by atoms with Gasteiger partial charge in [0.1, 0.15) is 12.0 Å². The summed E-state index contributed by atoms with van der Waals surface area (Å²) in [5, 5.41) is 3.39. The minimum absolute atomic E-state index is 0.307. The van der Waals surface area contributed by atoms with Gasteiger partial charge < -0.3 is 11.1 Å². The van der Waals surface area contributed by atoms with Crippen molar-refractivity contribution in [3.63, 3.8) is 0 Å². The highest BCUT2D eigenvalue weighted by Crippen LogP contribution is 2.18. The predicted molar refractivity (Wildman–Crippen MR) is 64.5 cm³/mol. The number of amides is 1. The topological polar surface area (TPSA) is 80.9 Å². The Morgan fingerprint density at radius 2 is 2.29 bits per heavy atom. The number of nitrogens with one attached hydrogen (secondary N) is 1. The second kappa shape index (κ2) is 5.72. The van der Waals surface area contributed by atoms with Crippen LogP contribution in [-0.4, -0.2) is 29.0 Å². The van der Waals surface area contributed by atoms with E-state index >= 15 is 0 Å². The van der Waals surface area contributed by atoms with Crippen LogP contribution in [0, 0.1) is 5.92 Å². The molecule has 1 atom stereocenters. The van der Waals surface area contributed by atoms with Crippen LogP contribution in [0.4, 0.5) is 0 Å². The van der Waals surface area contributed by atoms with Crippen LogP contribution >= 0.6 is 0 Å². The van der Waals surface area contributed by atoms with E-state index in [9.17, 15) is 4.79 Å². The van der Waals surface area contributed by atoms with E-state index in [0.717, 1.165) is 31.6 Å². The molecular formula is C12H18N4O. The lowest BCUT2D eigenvalue weighted by atomic mass is 9.95. The molecule has 2 rings (SSSR count). The van der Waals surface area contributed by atoms with Crippen molar-refractivity contribution in [3.05, 3.63) is 23.8 Å². The molecule has 92 valence electrons. The van der Waals surface area contributed by atoms with E-state index in [2.05, 4.69) is 15.3 Å². The Morgan fingerprint density at radius 1 is 1.41 bits per heavy atom. The third-order valence-electron chi connectivity index (χ3n) is 3.17. The van der Waals surface area contributed by atoms with Gasteiger partial charge in [-0.15, -0.1) is 0 Å². The molecule has 1 fully saturated rings. The normalized spacial score (nSPS) is 20.8. The van der Waals surface area contributed by atoms with Crippen molar-refractivity contribution in [3.8, 4) is 0 Å². The summed E-state index contributed by atoms with van der Waals surface area (Å²) in [4.78, 5) is 19.1. The highest BCUT2D eigenvalue weighted by atomic mass is 16.1. The van der Waals surface area contributed by atoms with E-state index in [1.165, 1.54) is 19.2 Å². The number of carbonyl (C=O) groups is 1. The summed E-state index contributed by atoms with van der Waals surface area (Å²) in [5.41, 5.74) is 6.43. The van der Waals surface area contributed by atoms with Crippen LogP contribution in [0.15, 0.2) is 12.4 Å². The predicted octanol–water partition coefficient (Wildman–Crippen LogP) is 0.508. The first-order valence-electron chi connectivity index (χ1n) is 6.07. The Balaban J connectivity index is 2.01. The number of hydrogen-bond donors (Lipinski definition) is 2. The van der Waals surface area contributed by atoms with Gasteiger partial charge in [0.15, 0.2) is 0 Å². The zero-order chi connectivity index (χ0) is 12.1. The summed E-state index contributed by atoms with van der Waals surface area (Å²) >= 11 is 0. The van der Waals surface area contributed by atoms with Gasteiger partial charge in [-0.05, 0) is 50.8 Å². The van der Waals surface area contributed by atoms with Gasteiger partial charge in [-0.2, -0.15) is 0 Å². The van der Waals surface area contributed by atoms with Crippen molar-refractivity contribution in [2.75, 3.05) is 13.1 Å². The fraction of sp³-hybridized carbons (Fsp3) is 0.583. The smallest absolute Gasteiger partial charge is 0.267 e. The standard InChI is InChI=1S/C12H18N4O/c13-12(17)11-7-10(15-8-16-11)6-9-2-1-4-14-5-3-9/h7-9,14H,1-6H2,(H2,13,17)/t9-/m1/s1. The van der Waals surface area contributed by atoms with Crippen LogP contribution in [0.1, 0.15) is 35.4 Å². The molecular weight excluding hydrogens is 216 g/mol. The van der Waals surface area contributed by atoms with Gasteiger partial charge in [0.05, 0.1) is 0 Å². The molecule has 0 unspecified atom stereocenters. The maximum absolute atomic E-state index is 11.0. The fourth-order valence-electron chi connectivity index (χ4n) is 2.24. The number of nitrogens with zero attached hydrogens (tertiary/aromatic N) is 2. The van der Waals surface area contributed by atoms with Crippen LogP contribution in [0.25, 0.3) is 0 Å². The molecule has 1 aromatic heterocycles. The van der Waals surface area contributed by atoms with Crippen LogP contribution in [0.3, 0.4) is 0 Å². The quantitative estimate of drug-likeness (QED) is 0.798. The summed E-state index contributed by atoms with van der Waals surface area (Å²) in [5.74, 6) is 0.150. The van der Waals surface area contributed by atoms with Crippen molar-refractivity contribution in [1.29, 1.82) is 0 Å². The molecule has 0 spiro atoms. The lowest BCUT2D eigenvalue weighted by Gasteiger charge is -2.12. The second-order valence-electron chi connectivity index (χ2n) is 4.51. The molecule has 5 heteroatoms. The molecule has 3 N–H and O–H groups in total.